The zero-order valence-electron chi connectivity index (χ0n) is 13.5. The molecule has 128 valence electrons. The molecule has 1 aliphatic heterocycles. The maximum atomic E-state index is 12.0. The molecule has 24 heavy (non-hydrogen) atoms. The Morgan fingerprint density at radius 3 is 3.00 bits per heavy atom. The Balaban J connectivity index is 1.50. The molecule has 1 amide bonds. The summed E-state index contributed by atoms with van der Waals surface area (Å²) in [6.07, 6.45) is 0.513. The number of carbonyl (C=O) groups is 1. The summed E-state index contributed by atoms with van der Waals surface area (Å²) in [5.41, 5.74) is 0.624. The molecule has 1 aliphatic rings. The lowest BCUT2D eigenvalue weighted by atomic mass is 10.2. The summed E-state index contributed by atoms with van der Waals surface area (Å²) in [5, 5.41) is 10.3. The quantitative estimate of drug-likeness (QED) is 0.798. The summed E-state index contributed by atoms with van der Waals surface area (Å²) < 4.78 is 6.24. The first kappa shape index (κ1) is 17.1. The highest BCUT2D eigenvalue weighted by atomic mass is 79.9. The van der Waals surface area contributed by atoms with Gasteiger partial charge in [-0.3, -0.25) is 9.69 Å². The van der Waals surface area contributed by atoms with E-state index >= 15 is 0 Å². The second-order valence-electron chi connectivity index (χ2n) is 5.76. The van der Waals surface area contributed by atoms with E-state index in [1.165, 1.54) is 0 Å². The molecule has 2 N–H and O–H groups in total. The molecule has 1 atom stereocenters. The predicted octanol–water partition coefficient (Wildman–Crippen LogP) is 1.38. The third-order valence-corrected chi connectivity index (χ3v) is 4.55. The summed E-state index contributed by atoms with van der Waals surface area (Å²) in [4.78, 5) is 18.7. The van der Waals surface area contributed by atoms with Gasteiger partial charge < -0.3 is 15.2 Å². The molecule has 3 rings (SSSR count). The summed E-state index contributed by atoms with van der Waals surface area (Å²) in [6.45, 7) is 3.20. The van der Waals surface area contributed by atoms with Crippen LogP contribution < -0.4 is 10.6 Å². The average molecular weight is 394 g/mol. The van der Waals surface area contributed by atoms with Crippen molar-refractivity contribution < 1.29 is 9.32 Å². The van der Waals surface area contributed by atoms with Crippen molar-refractivity contribution in [3.63, 3.8) is 0 Å². The Hall–Kier alpha value is -1.77. The SMILES string of the molecule is CN1CCNCC1c1noc(CCNC(=O)c2ccc(Br)cc2)n1. The minimum atomic E-state index is -0.113. The van der Waals surface area contributed by atoms with Crippen LogP contribution in [0.2, 0.25) is 0 Å². The molecular weight excluding hydrogens is 374 g/mol. The fourth-order valence-corrected chi connectivity index (χ4v) is 2.85. The number of aromatic nitrogens is 2. The number of amides is 1. The van der Waals surface area contributed by atoms with Crippen molar-refractivity contribution in [1.82, 2.24) is 25.7 Å². The predicted molar refractivity (Wildman–Crippen MR) is 92.7 cm³/mol. The molecule has 1 aromatic heterocycles. The van der Waals surface area contributed by atoms with Gasteiger partial charge in [-0.2, -0.15) is 4.98 Å². The lowest BCUT2D eigenvalue weighted by molar-refractivity contribution is 0.0953. The van der Waals surface area contributed by atoms with Gasteiger partial charge in [0.2, 0.25) is 5.89 Å². The second-order valence-corrected chi connectivity index (χ2v) is 6.68. The first-order valence-corrected chi connectivity index (χ1v) is 8.70. The van der Waals surface area contributed by atoms with Gasteiger partial charge in [0.1, 0.15) is 0 Å². The highest BCUT2D eigenvalue weighted by Crippen LogP contribution is 2.17. The molecule has 0 bridgehead atoms. The zero-order chi connectivity index (χ0) is 16.9. The number of piperazine rings is 1. The minimum Gasteiger partial charge on any atom is -0.352 e. The Labute approximate surface area is 148 Å². The van der Waals surface area contributed by atoms with E-state index in [1.54, 1.807) is 12.1 Å². The molecule has 1 saturated heterocycles. The van der Waals surface area contributed by atoms with E-state index in [0.29, 0.717) is 30.2 Å². The smallest absolute Gasteiger partial charge is 0.251 e. The van der Waals surface area contributed by atoms with E-state index in [1.807, 2.05) is 12.1 Å². The molecular formula is C16H20BrN5O2. The van der Waals surface area contributed by atoms with Crippen LogP contribution in [0.4, 0.5) is 0 Å². The van der Waals surface area contributed by atoms with Crippen molar-refractivity contribution in [3.05, 3.63) is 46.0 Å². The van der Waals surface area contributed by atoms with E-state index in [2.05, 4.69) is 48.7 Å². The van der Waals surface area contributed by atoms with Crippen LogP contribution in [0, 0.1) is 0 Å². The van der Waals surface area contributed by atoms with Gasteiger partial charge >= 0.3 is 0 Å². The van der Waals surface area contributed by atoms with Gasteiger partial charge in [0.25, 0.3) is 5.91 Å². The Morgan fingerprint density at radius 2 is 2.25 bits per heavy atom. The molecule has 1 aromatic carbocycles. The Bertz CT molecular complexity index is 688. The summed E-state index contributed by atoms with van der Waals surface area (Å²) >= 11 is 3.35. The molecule has 7 nitrogen and oxygen atoms in total. The largest absolute Gasteiger partial charge is 0.352 e. The number of likely N-dealkylation sites (N-methyl/N-ethyl adjacent to an activating group) is 1. The second kappa shape index (κ2) is 7.87. The van der Waals surface area contributed by atoms with Crippen molar-refractivity contribution in [2.75, 3.05) is 33.2 Å². The van der Waals surface area contributed by atoms with Crippen LogP contribution in [-0.2, 0) is 6.42 Å². The third kappa shape index (κ3) is 4.19. The van der Waals surface area contributed by atoms with E-state index < -0.39 is 0 Å². The standard InChI is InChI=1S/C16H20BrN5O2/c1-22-9-8-18-10-13(22)15-20-14(24-21-15)6-7-19-16(23)11-2-4-12(17)5-3-11/h2-5,13,18H,6-10H2,1H3,(H,19,23). The van der Waals surface area contributed by atoms with Crippen LogP contribution in [0.25, 0.3) is 0 Å². The summed E-state index contributed by atoms with van der Waals surface area (Å²) in [7, 11) is 2.06. The maximum Gasteiger partial charge on any atom is 0.251 e. The molecule has 0 spiro atoms. The number of benzene rings is 1. The highest BCUT2D eigenvalue weighted by Gasteiger charge is 2.25. The van der Waals surface area contributed by atoms with Crippen molar-refractivity contribution >= 4 is 21.8 Å². The number of halogens is 1. The zero-order valence-corrected chi connectivity index (χ0v) is 15.0. The van der Waals surface area contributed by atoms with Gasteiger partial charge in [0.05, 0.1) is 6.04 Å². The van der Waals surface area contributed by atoms with Crippen LogP contribution in [0.5, 0.6) is 0 Å². The van der Waals surface area contributed by atoms with Crippen molar-refractivity contribution in [2.24, 2.45) is 0 Å². The van der Waals surface area contributed by atoms with Crippen molar-refractivity contribution in [2.45, 2.75) is 12.5 Å². The molecule has 2 aromatic rings. The molecule has 0 radical (unpaired) electrons. The summed E-state index contributed by atoms with van der Waals surface area (Å²) in [6, 6.07) is 7.36. The van der Waals surface area contributed by atoms with Gasteiger partial charge in [-0.15, -0.1) is 0 Å². The monoisotopic (exact) mass is 393 g/mol. The number of hydrogen-bond acceptors (Lipinski definition) is 6. The van der Waals surface area contributed by atoms with E-state index in [-0.39, 0.29) is 11.9 Å². The lowest BCUT2D eigenvalue weighted by Gasteiger charge is -2.30. The fraction of sp³-hybridized carbons (Fsp3) is 0.438. The average Bonchev–Trinajstić information content (AvgIpc) is 3.04. The molecule has 8 heteroatoms. The number of nitrogens with one attached hydrogen (secondary N) is 2. The molecule has 1 fully saturated rings. The van der Waals surface area contributed by atoms with E-state index in [0.717, 1.165) is 24.1 Å². The van der Waals surface area contributed by atoms with Crippen molar-refractivity contribution in [3.8, 4) is 0 Å². The Kier molecular flexibility index (Phi) is 5.60. The molecule has 2 heterocycles. The Morgan fingerprint density at radius 1 is 1.46 bits per heavy atom. The van der Waals surface area contributed by atoms with Crippen LogP contribution in [-0.4, -0.2) is 54.2 Å². The van der Waals surface area contributed by atoms with Crippen molar-refractivity contribution in [1.29, 1.82) is 0 Å². The number of hydrogen-bond donors (Lipinski definition) is 2. The minimum absolute atomic E-state index is 0.113. The van der Waals surface area contributed by atoms with Gasteiger partial charge in [0, 0.05) is 42.6 Å². The van der Waals surface area contributed by atoms with Crippen LogP contribution in [0.1, 0.15) is 28.1 Å². The first-order chi connectivity index (χ1) is 11.6. The fourth-order valence-electron chi connectivity index (χ4n) is 2.59. The number of nitrogens with zero attached hydrogens (tertiary/aromatic N) is 3. The summed E-state index contributed by atoms with van der Waals surface area (Å²) in [5.74, 6) is 1.12. The van der Waals surface area contributed by atoms with Gasteiger partial charge in [-0.1, -0.05) is 21.1 Å². The van der Waals surface area contributed by atoms with Gasteiger partial charge in [-0.05, 0) is 31.3 Å². The number of rotatable bonds is 5. The van der Waals surface area contributed by atoms with Crippen LogP contribution >= 0.6 is 15.9 Å². The van der Waals surface area contributed by atoms with Crippen LogP contribution in [0.3, 0.4) is 0 Å². The third-order valence-electron chi connectivity index (χ3n) is 4.02. The van der Waals surface area contributed by atoms with E-state index in [9.17, 15) is 4.79 Å². The normalized spacial score (nSPS) is 18.5. The van der Waals surface area contributed by atoms with Gasteiger partial charge in [-0.25, -0.2) is 0 Å². The van der Waals surface area contributed by atoms with Crippen LogP contribution in [0.15, 0.2) is 33.3 Å². The number of carbonyl (C=O) groups excluding carboxylic acids is 1. The van der Waals surface area contributed by atoms with Gasteiger partial charge in [0.15, 0.2) is 5.82 Å². The maximum absolute atomic E-state index is 12.0. The molecule has 0 aliphatic carbocycles. The molecule has 1 unspecified atom stereocenters. The first-order valence-electron chi connectivity index (χ1n) is 7.90. The molecule has 0 saturated carbocycles. The van der Waals surface area contributed by atoms with E-state index in [4.69, 9.17) is 4.52 Å². The topological polar surface area (TPSA) is 83.3 Å². The lowest BCUT2D eigenvalue weighted by Crippen LogP contribution is -2.44. The highest BCUT2D eigenvalue weighted by molar-refractivity contribution is 9.10.